The van der Waals surface area contributed by atoms with E-state index in [1.807, 2.05) is 61.3 Å². The fourth-order valence-electron chi connectivity index (χ4n) is 5.50. The molecule has 42 heavy (non-hydrogen) atoms. The highest BCUT2D eigenvalue weighted by atomic mass is 32.2. The van der Waals surface area contributed by atoms with E-state index in [-0.39, 0.29) is 12.0 Å². The molecule has 3 aromatic rings. The van der Waals surface area contributed by atoms with Crippen molar-refractivity contribution in [2.45, 2.75) is 81.9 Å². The number of nitrogens with one attached hydrogen (secondary N) is 1. The molecule has 0 bridgehead atoms. The molecule has 3 aromatic carbocycles. The zero-order valence-electron chi connectivity index (χ0n) is 24.9. The fourth-order valence-corrected chi connectivity index (χ4v) is 6.89. The van der Waals surface area contributed by atoms with Crippen molar-refractivity contribution in [2.24, 2.45) is 0 Å². The topological polar surface area (TPSA) is 75.6 Å². The van der Waals surface area contributed by atoms with Gasteiger partial charge in [0.25, 0.3) is 5.91 Å². The maximum Gasteiger partial charge on any atom is 0.326 e. The van der Waals surface area contributed by atoms with E-state index in [9.17, 15) is 14.7 Å². The lowest BCUT2D eigenvalue weighted by Gasteiger charge is -2.22. The Bertz CT molecular complexity index is 1340. The van der Waals surface area contributed by atoms with Gasteiger partial charge < -0.3 is 15.2 Å². The van der Waals surface area contributed by atoms with E-state index >= 15 is 0 Å². The maximum absolute atomic E-state index is 13.3. The molecule has 0 saturated heterocycles. The molecule has 1 fully saturated rings. The number of carboxylic acids is 1. The number of rotatable bonds is 14. The highest BCUT2D eigenvalue weighted by Gasteiger charge is 2.23. The number of carboxylic acid groups (broad SMARTS) is 1. The van der Waals surface area contributed by atoms with E-state index in [1.54, 1.807) is 17.8 Å². The van der Waals surface area contributed by atoms with Gasteiger partial charge in [0.15, 0.2) is 0 Å². The third-order valence-corrected chi connectivity index (χ3v) is 9.80. The highest BCUT2D eigenvalue weighted by Crippen LogP contribution is 2.34. The summed E-state index contributed by atoms with van der Waals surface area (Å²) >= 11 is 3.40. The Kier molecular flexibility index (Phi) is 12.4. The van der Waals surface area contributed by atoms with Crippen molar-refractivity contribution in [3.8, 4) is 11.1 Å². The van der Waals surface area contributed by atoms with E-state index in [4.69, 9.17) is 4.74 Å². The van der Waals surface area contributed by atoms with Crippen molar-refractivity contribution in [1.29, 1.82) is 0 Å². The molecule has 1 amide bonds. The van der Waals surface area contributed by atoms with Crippen molar-refractivity contribution in [3.05, 3.63) is 89.0 Å². The standard InChI is InChI=1S/C35H43NO4S2/c1-24-10-7-8-15-30(24)32-20-26(16-17-31(32)34(37)36-33(35(38)39)18-19-41-3)22-40-25(2)23-42-29-14-9-13-28(21-29)27-11-5-4-6-12-27/h7-10,13-17,20-21,25,27,33H,4-6,11-12,18-19,22-23H2,1-3H3,(H,36,37)(H,38,39)/t25?,33-/m0/s1. The Morgan fingerprint density at radius 1 is 1.00 bits per heavy atom. The summed E-state index contributed by atoms with van der Waals surface area (Å²) in [6, 6.07) is 21.7. The zero-order chi connectivity index (χ0) is 29.9. The van der Waals surface area contributed by atoms with Crippen LogP contribution in [0.5, 0.6) is 0 Å². The van der Waals surface area contributed by atoms with Gasteiger partial charge in [-0.05, 0) is 103 Å². The average Bonchev–Trinajstić information content (AvgIpc) is 3.01. The molecule has 0 spiro atoms. The van der Waals surface area contributed by atoms with Crippen molar-refractivity contribution in [1.82, 2.24) is 5.32 Å². The Balaban J connectivity index is 1.43. The smallest absolute Gasteiger partial charge is 0.326 e. The molecule has 4 rings (SSSR count). The molecule has 224 valence electrons. The number of amides is 1. The molecule has 2 atom stereocenters. The number of thioether (sulfide) groups is 2. The SMILES string of the molecule is CSCC[C@H](NC(=O)c1ccc(COC(C)CSc2cccc(C3CCCCC3)c2)cc1-c1ccccc1C)C(=O)O. The Hall–Kier alpha value is -2.74. The van der Waals surface area contributed by atoms with E-state index in [0.29, 0.717) is 30.3 Å². The van der Waals surface area contributed by atoms with E-state index in [2.05, 4.69) is 36.5 Å². The summed E-state index contributed by atoms with van der Waals surface area (Å²) in [5, 5.41) is 12.4. The minimum Gasteiger partial charge on any atom is -0.480 e. The summed E-state index contributed by atoms with van der Waals surface area (Å²) in [7, 11) is 0. The first-order chi connectivity index (χ1) is 20.4. The van der Waals surface area contributed by atoms with Gasteiger partial charge in [-0.3, -0.25) is 4.79 Å². The van der Waals surface area contributed by atoms with Crippen LogP contribution in [0.2, 0.25) is 0 Å². The van der Waals surface area contributed by atoms with E-state index in [0.717, 1.165) is 28.0 Å². The molecule has 0 aromatic heterocycles. The molecule has 1 aliphatic carbocycles. The van der Waals surface area contributed by atoms with Gasteiger partial charge in [-0.25, -0.2) is 4.79 Å². The van der Waals surface area contributed by atoms with Gasteiger partial charge >= 0.3 is 5.97 Å². The summed E-state index contributed by atoms with van der Waals surface area (Å²) in [4.78, 5) is 26.4. The zero-order valence-corrected chi connectivity index (χ0v) is 26.6. The summed E-state index contributed by atoms with van der Waals surface area (Å²) in [5.74, 6) is 0.805. The predicted octanol–water partition coefficient (Wildman–Crippen LogP) is 8.34. The van der Waals surface area contributed by atoms with Gasteiger partial charge in [0.2, 0.25) is 0 Å². The lowest BCUT2D eigenvalue weighted by molar-refractivity contribution is -0.139. The quantitative estimate of drug-likeness (QED) is 0.180. The third-order valence-electron chi connectivity index (χ3n) is 7.93. The van der Waals surface area contributed by atoms with Crippen LogP contribution in [0.1, 0.15) is 78.4 Å². The van der Waals surface area contributed by atoms with Crippen LogP contribution in [-0.4, -0.2) is 46.9 Å². The average molecular weight is 606 g/mol. The Morgan fingerprint density at radius 3 is 2.52 bits per heavy atom. The third kappa shape index (κ3) is 9.13. The number of ether oxygens (including phenoxy) is 1. The highest BCUT2D eigenvalue weighted by molar-refractivity contribution is 7.99. The lowest BCUT2D eigenvalue weighted by Crippen LogP contribution is -2.41. The van der Waals surface area contributed by atoms with Crippen molar-refractivity contribution >= 4 is 35.4 Å². The predicted molar refractivity (Wildman–Crippen MR) is 176 cm³/mol. The van der Waals surface area contributed by atoms with Crippen LogP contribution in [0, 0.1) is 6.92 Å². The van der Waals surface area contributed by atoms with Crippen LogP contribution in [0.15, 0.2) is 71.6 Å². The van der Waals surface area contributed by atoms with Crippen LogP contribution in [0.25, 0.3) is 11.1 Å². The van der Waals surface area contributed by atoms with Gasteiger partial charge in [0, 0.05) is 16.2 Å². The monoisotopic (exact) mass is 605 g/mol. The number of carbonyl (C=O) groups excluding carboxylic acids is 1. The minimum atomic E-state index is -1.02. The molecule has 0 heterocycles. The largest absolute Gasteiger partial charge is 0.480 e. The molecule has 0 aliphatic heterocycles. The second-order valence-electron chi connectivity index (χ2n) is 11.2. The molecule has 7 heteroatoms. The van der Waals surface area contributed by atoms with Crippen molar-refractivity contribution in [3.63, 3.8) is 0 Å². The number of hydrogen-bond acceptors (Lipinski definition) is 5. The van der Waals surface area contributed by atoms with Crippen LogP contribution in [-0.2, 0) is 16.1 Å². The first-order valence-corrected chi connectivity index (χ1v) is 17.3. The van der Waals surface area contributed by atoms with Gasteiger partial charge in [-0.15, -0.1) is 11.8 Å². The summed E-state index contributed by atoms with van der Waals surface area (Å²) in [6.45, 7) is 4.54. The minimum absolute atomic E-state index is 0.0472. The summed E-state index contributed by atoms with van der Waals surface area (Å²) in [6.07, 6.45) is 8.99. The number of aliphatic carboxylic acids is 1. The molecule has 5 nitrogen and oxygen atoms in total. The van der Waals surface area contributed by atoms with Gasteiger partial charge in [0.05, 0.1) is 12.7 Å². The van der Waals surface area contributed by atoms with Gasteiger partial charge in [0.1, 0.15) is 6.04 Å². The number of benzene rings is 3. The molecular weight excluding hydrogens is 563 g/mol. The van der Waals surface area contributed by atoms with Gasteiger partial charge in [-0.1, -0.05) is 61.7 Å². The van der Waals surface area contributed by atoms with Crippen molar-refractivity contribution in [2.75, 3.05) is 17.8 Å². The molecule has 1 aliphatic rings. The van der Waals surface area contributed by atoms with Crippen molar-refractivity contribution < 1.29 is 19.4 Å². The number of aryl methyl sites for hydroxylation is 1. The second kappa shape index (κ2) is 16.2. The second-order valence-corrected chi connectivity index (χ2v) is 13.3. The molecular formula is C35H43NO4S2. The van der Waals surface area contributed by atoms with E-state index in [1.165, 1.54) is 42.6 Å². The molecule has 0 radical (unpaired) electrons. The lowest BCUT2D eigenvalue weighted by atomic mass is 9.84. The van der Waals surface area contributed by atoms with E-state index < -0.39 is 12.0 Å². The molecule has 2 N–H and O–H groups in total. The van der Waals surface area contributed by atoms with Crippen LogP contribution in [0.3, 0.4) is 0 Å². The van der Waals surface area contributed by atoms with Crippen LogP contribution >= 0.6 is 23.5 Å². The number of hydrogen-bond donors (Lipinski definition) is 2. The molecule has 1 unspecified atom stereocenters. The Labute approximate surface area is 259 Å². The molecule has 1 saturated carbocycles. The number of carbonyl (C=O) groups is 2. The fraction of sp³-hybridized carbons (Fsp3) is 0.429. The summed E-state index contributed by atoms with van der Waals surface area (Å²) in [5.41, 5.74) is 5.68. The maximum atomic E-state index is 13.3. The first-order valence-electron chi connectivity index (χ1n) is 14.9. The van der Waals surface area contributed by atoms with Crippen LogP contribution in [0.4, 0.5) is 0 Å². The summed E-state index contributed by atoms with van der Waals surface area (Å²) < 4.78 is 6.26. The van der Waals surface area contributed by atoms with Crippen LogP contribution < -0.4 is 5.32 Å². The first kappa shape index (κ1) is 32.2. The van der Waals surface area contributed by atoms with Gasteiger partial charge in [-0.2, -0.15) is 11.8 Å². The normalized spacial score (nSPS) is 15.2. The Morgan fingerprint density at radius 2 is 1.79 bits per heavy atom.